The van der Waals surface area contributed by atoms with Crippen molar-refractivity contribution in [1.29, 1.82) is 0 Å². The summed E-state index contributed by atoms with van der Waals surface area (Å²) in [5, 5.41) is 0.779. The third kappa shape index (κ3) is 4.59. The van der Waals surface area contributed by atoms with Gasteiger partial charge in [-0.2, -0.15) is 15.0 Å². The second-order valence-electron chi connectivity index (χ2n) is 7.20. The molecule has 0 radical (unpaired) electrons. The van der Waals surface area contributed by atoms with Crippen molar-refractivity contribution in [1.82, 2.24) is 19.9 Å². The SMILES string of the molecule is Nc1nc(CN2CCN(c3cccc(Cl)c3)CC2)nc(N2CCCCC2)n1. The van der Waals surface area contributed by atoms with Crippen molar-refractivity contribution in [2.75, 3.05) is 54.8 Å². The predicted octanol–water partition coefficient (Wildman–Crippen LogP) is 2.42. The lowest BCUT2D eigenvalue weighted by molar-refractivity contribution is 0.244. The average Bonchev–Trinajstić information content (AvgIpc) is 2.69. The average molecular weight is 388 g/mol. The molecule has 2 fully saturated rings. The monoisotopic (exact) mass is 387 g/mol. The first-order valence-corrected chi connectivity index (χ1v) is 10.0. The minimum absolute atomic E-state index is 0.318. The van der Waals surface area contributed by atoms with Gasteiger partial charge in [-0.05, 0) is 37.5 Å². The zero-order chi connectivity index (χ0) is 18.6. The summed E-state index contributed by atoms with van der Waals surface area (Å²) >= 11 is 6.12. The summed E-state index contributed by atoms with van der Waals surface area (Å²) < 4.78 is 0. The Bertz CT molecular complexity index is 770. The quantitative estimate of drug-likeness (QED) is 0.863. The van der Waals surface area contributed by atoms with Gasteiger partial charge in [0.25, 0.3) is 0 Å². The number of halogens is 1. The van der Waals surface area contributed by atoms with Crippen LogP contribution in [0, 0.1) is 0 Å². The molecule has 2 aliphatic rings. The van der Waals surface area contributed by atoms with Crippen LogP contribution in [-0.2, 0) is 6.54 Å². The number of nitrogens with two attached hydrogens (primary N) is 1. The summed E-state index contributed by atoms with van der Waals surface area (Å²) in [6, 6.07) is 8.04. The van der Waals surface area contributed by atoms with Gasteiger partial charge in [0.2, 0.25) is 11.9 Å². The number of benzene rings is 1. The molecule has 8 heteroatoms. The van der Waals surface area contributed by atoms with Crippen LogP contribution in [0.1, 0.15) is 25.1 Å². The molecule has 144 valence electrons. The summed E-state index contributed by atoms with van der Waals surface area (Å²) in [6.07, 6.45) is 3.65. The van der Waals surface area contributed by atoms with Crippen molar-refractivity contribution in [3.63, 3.8) is 0 Å². The molecule has 2 saturated heterocycles. The van der Waals surface area contributed by atoms with E-state index in [1.807, 2.05) is 18.2 Å². The second kappa shape index (κ2) is 8.27. The molecule has 2 aromatic rings. The van der Waals surface area contributed by atoms with Gasteiger partial charge in [-0.25, -0.2) is 0 Å². The fraction of sp³-hybridized carbons (Fsp3) is 0.526. The molecular formula is C19H26ClN7. The Morgan fingerprint density at radius 2 is 1.67 bits per heavy atom. The summed E-state index contributed by atoms with van der Waals surface area (Å²) in [4.78, 5) is 20.4. The van der Waals surface area contributed by atoms with Crippen molar-refractivity contribution in [2.24, 2.45) is 0 Å². The number of piperazine rings is 1. The Balaban J connectivity index is 1.38. The molecule has 0 bridgehead atoms. The van der Waals surface area contributed by atoms with E-state index in [9.17, 15) is 0 Å². The lowest BCUT2D eigenvalue weighted by atomic mass is 10.1. The molecule has 3 heterocycles. The van der Waals surface area contributed by atoms with Crippen LogP contribution < -0.4 is 15.5 Å². The van der Waals surface area contributed by atoms with Crippen LogP contribution in [0.4, 0.5) is 17.6 Å². The van der Waals surface area contributed by atoms with Gasteiger partial charge in [0.1, 0.15) is 5.82 Å². The summed E-state index contributed by atoms with van der Waals surface area (Å²) in [7, 11) is 0. The molecule has 0 unspecified atom stereocenters. The van der Waals surface area contributed by atoms with Gasteiger partial charge in [0, 0.05) is 50.0 Å². The third-order valence-electron chi connectivity index (χ3n) is 5.24. The Morgan fingerprint density at radius 1 is 0.889 bits per heavy atom. The summed E-state index contributed by atoms with van der Waals surface area (Å²) in [5.41, 5.74) is 7.13. The van der Waals surface area contributed by atoms with Gasteiger partial charge < -0.3 is 15.5 Å². The molecule has 2 aliphatic heterocycles. The maximum atomic E-state index is 6.12. The number of nitrogen functional groups attached to an aromatic ring is 1. The summed E-state index contributed by atoms with van der Waals surface area (Å²) in [6.45, 7) is 6.54. The lowest BCUT2D eigenvalue weighted by Crippen LogP contribution is -2.46. The second-order valence-corrected chi connectivity index (χ2v) is 7.64. The highest BCUT2D eigenvalue weighted by Gasteiger charge is 2.20. The Hall–Kier alpha value is -2.12. The zero-order valence-corrected chi connectivity index (χ0v) is 16.3. The molecule has 0 amide bonds. The number of anilines is 3. The number of aromatic nitrogens is 3. The first-order chi connectivity index (χ1) is 13.2. The van der Waals surface area contributed by atoms with Crippen LogP contribution in [0.15, 0.2) is 24.3 Å². The normalized spacial score (nSPS) is 18.7. The van der Waals surface area contributed by atoms with Gasteiger partial charge in [-0.1, -0.05) is 17.7 Å². The fourth-order valence-electron chi connectivity index (χ4n) is 3.77. The molecule has 0 spiro atoms. The Kier molecular flexibility index (Phi) is 5.59. The fourth-order valence-corrected chi connectivity index (χ4v) is 3.95. The molecule has 2 N–H and O–H groups in total. The molecule has 0 aliphatic carbocycles. The van der Waals surface area contributed by atoms with Crippen LogP contribution in [0.5, 0.6) is 0 Å². The first-order valence-electron chi connectivity index (χ1n) is 9.66. The van der Waals surface area contributed by atoms with E-state index in [1.54, 1.807) is 0 Å². The zero-order valence-electron chi connectivity index (χ0n) is 15.5. The van der Waals surface area contributed by atoms with Crippen molar-refractivity contribution < 1.29 is 0 Å². The number of rotatable bonds is 4. The van der Waals surface area contributed by atoms with Crippen LogP contribution in [0.3, 0.4) is 0 Å². The molecule has 27 heavy (non-hydrogen) atoms. The number of hydrogen-bond donors (Lipinski definition) is 1. The third-order valence-corrected chi connectivity index (χ3v) is 5.47. The van der Waals surface area contributed by atoms with E-state index in [0.29, 0.717) is 12.5 Å². The van der Waals surface area contributed by atoms with Gasteiger partial charge in [0.15, 0.2) is 0 Å². The number of hydrogen-bond acceptors (Lipinski definition) is 7. The van der Waals surface area contributed by atoms with Crippen molar-refractivity contribution in [2.45, 2.75) is 25.8 Å². The highest BCUT2D eigenvalue weighted by atomic mass is 35.5. The van der Waals surface area contributed by atoms with Crippen LogP contribution >= 0.6 is 11.6 Å². The van der Waals surface area contributed by atoms with Crippen molar-refractivity contribution in [3.05, 3.63) is 35.1 Å². The molecular weight excluding hydrogens is 362 g/mol. The molecule has 0 atom stereocenters. The predicted molar refractivity (Wildman–Crippen MR) is 109 cm³/mol. The highest BCUT2D eigenvalue weighted by molar-refractivity contribution is 6.30. The Morgan fingerprint density at radius 3 is 2.41 bits per heavy atom. The first kappa shape index (κ1) is 18.3. The van der Waals surface area contributed by atoms with E-state index in [0.717, 1.165) is 56.1 Å². The minimum Gasteiger partial charge on any atom is -0.369 e. The van der Waals surface area contributed by atoms with Crippen molar-refractivity contribution >= 4 is 29.2 Å². The maximum Gasteiger partial charge on any atom is 0.230 e. The number of piperidine rings is 1. The van der Waals surface area contributed by atoms with E-state index in [-0.39, 0.29) is 0 Å². The largest absolute Gasteiger partial charge is 0.369 e. The van der Waals surface area contributed by atoms with Crippen molar-refractivity contribution in [3.8, 4) is 0 Å². The van der Waals surface area contributed by atoms with Crippen LogP contribution in [0.25, 0.3) is 0 Å². The van der Waals surface area contributed by atoms with Crippen LogP contribution in [-0.4, -0.2) is 59.1 Å². The maximum absolute atomic E-state index is 6.12. The van der Waals surface area contributed by atoms with Gasteiger partial charge in [-0.3, -0.25) is 4.90 Å². The molecule has 1 aromatic carbocycles. The van der Waals surface area contributed by atoms with E-state index in [1.165, 1.54) is 24.9 Å². The standard InChI is InChI=1S/C19H26ClN7/c20-15-5-4-6-16(13-15)26-11-9-25(10-12-26)14-17-22-18(21)24-19(23-17)27-7-2-1-3-8-27/h4-6,13H,1-3,7-12,14H2,(H2,21,22,23,24). The Labute approximate surface area is 165 Å². The van der Waals surface area contributed by atoms with Gasteiger partial charge in [0.05, 0.1) is 6.54 Å². The lowest BCUT2D eigenvalue weighted by Gasteiger charge is -2.36. The molecule has 7 nitrogen and oxygen atoms in total. The van der Waals surface area contributed by atoms with Gasteiger partial charge >= 0.3 is 0 Å². The minimum atomic E-state index is 0.318. The van der Waals surface area contributed by atoms with E-state index < -0.39 is 0 Å². The summed E-state index contributed by atoms with van der Waals surface area (Å²) in [5.74, 6) is 1.81. The number of nitrogens with zero attached hydrogens (tertiary/aromatic N) is 6. The molecule has 0 saturated carbocycles. The smallest absolute Gasteiger partial charge is 0.230 e. The van der Waals surface area contributed by atoms with Crippen LogP contribution in [0.2, 0.25) is 5.02 Å². The van der Waals surface area contributed by atoms with E-state index in [2.05, 4.69) is 30.7 Å². The molecule has 1 aromatic heterocycles. The van der Waals surface area contributed by atoms with E-state index in [4.69, 9.17) is 22.3 Å². The highest BCUT2D eigenvalue weighted by Crippen LogP contribution is 2.21. The van der Waals surface area contributed by atoms with Gasteiger partial charge in [-0.15, -0.1) is 0 Å². The molecule has 4 rings (SSSR count). The topological polar surface area (TPSA) is 74.4 Å². The van der Waals surface area contributed by atoms with E-state index >= 15 is 0 Å².